The number of aliphatic carboxylic acids is 1. The molecule has 26 heavy (non-hydrogen) atoms. The van der Waals surface area contributed by atoms with Crippen LogP contribution in [-0.2, 0) is 39.8 Å². The predicted molar refractivity (Wildman–Crippen MR) is 86.6 cm³/mol. The van der Waals surface area contributed by atoms with Crippen LogP contribution in [0.25, 0.3) is 0 Å². The summed E-state index contributed by atoms with van der Waals surface area (Å²) in [5.41, 5.74) is -0.443. The summed E-state index contributed by atoms with van der Waals surface area (Å²) in [5.74, 6) is -3.59. The van der Waals surface area contributed by atoms with Gasteiger partial charge in [-0.15, -0.1) is 0 Å². The van der Waals surface area contributed by atoms with Crippen LogP contribution >= 0.6 is 0 Å². The molecule has 0 aromatic heterocycles. The molecule has 2 amide bonds. The lowest BCUT2D eigenvalue weighted by molar-refractivity contribution is -0.160. The molecule has 144 valence electrons. The molecule has 4 atom stereocenters. The SMILES string of the molecule is CC(=O)N/C=C/S(=O)C1=C(C(=O)O)N2C(=O)C(C(C)OS(=O)(=O)O)C2C1. The van der Waals surface area contributed by atoms with Crippen molar-refractivity contribution in [3.8, 4) is 0 Å². The predicted octanol–water partition coefficient (Wildman–Crippen LogP) is -0.923. The van der Waals surface area contributed by atoms with E-state index in [2.05, 4.69) is 9.50 Å². The Morgan fingerprint density at radius 3 is 2.58 bits per heavy atom. The molecule has 0 radical (unpaired) electrons. The Morgan fingerprint density at radius 2 is 2.08 bits per heavy atom. The first kappa shape index (κ1) is 20.2. The van der Waals surface area contributed by atoms with E-state index in [4.69, 9.17) is 4.55 Å². The van der Waals surface area contributed by atoms with E-state index in [-0.39, 0.29) is 11.3 Å². The number of carbonyl (C=O) groups excluding carboxylic acids is 2. The fraction of sp³-hybridized carbons (Fsp3) is 0.462. The van der Waals surface area contributed by atoms with Crippen molar-refractivity contribution in [2.24, 2.45) is 5.92 Å². The van der Waals surface area contributed by atoms with E-state index >= 15 is 0 Å². The Balaban J connectivity index is 2.24. The summed E-state index contributed by atoms with van der Waals surface area (Å²) in [6.45, 7) is 2.48. The van der Waals surface area contributed by atoms with Gasteiger partial charge in [-0.25, -0.2) is 13.2 Å². The van der Waals surface area contributed by atoms with Gasteiger partial charge in [-0.1, -0.05) is 0 Å². The molecule has 2 aliphatic heterocycles. The van der Waals surface area contributed by atoms with Crippen molar-refractivity contribution >= 4 is 39.0 Å². The molecular weight excluding hydrogens is 392 g/mol. The van der Waals surface area contributed by atoms with Crippen molar-refractivity contribution in [2.75, 3.05) is 0 Å². The van der Waals surface area contributed by atoms with Gasteiger partial charge in [0.05, 0.1) is 33.8 Å². The fourth-order valence-electron chi connectivity index (χ4n) is 2.94. The summed E-state index contributed by atoms with van der Waals surface area (Å²) >= 11 is 0. The van der Waals surface area contributed by atoms with Crippen molar-refractivity contribution in [1.82, 2.24) is 10.2 Å². The number of nitrogens with zero attached hydrogens (tertiary/aromatic N) is 1. The van der Waals surface area contributed by atoms with Gasteiger partial charge in [0.15, 0.2) is 0 Å². The zero-order valence-corrected chi connectivity index (χ0v) is 15.2. The Morgan fingerprint density at radius 1 is 1.46 bits per heavy atom. The molecular formula is C13H16N2O9S2. The van der Waals surface area contributed by atoms with Gasteiger partial charge in [-0.3, -0.25) is 14.1 Å². The van der Waals surface area contributed by atoms with Crippen LogP contribution < -0.4 is 5.32 Å². The third kappa shape index (κ3) is 4.00. The van der Waals surface area contributed by atoms with Gasteiger partial charge in [0, 0.05) is 25.0 Å². The summed E-state index contributed by atoms with van der Waals surface area (Å²) in [4.78, 5) is 35.4. The Bertz CT molecular complexity index is 846. The summed E-state index contributed by atoms with van der Waals surface area (Å²) in [6.07, 6.45) is -0.200. The van der Waals surface area contributed by atoms with Crippen molar-refractivity contribution in [3.05, 3.63) is 22.2 Å². The van der Waals surface area contributed by atoms with Crippen LogP contribution in [0, 0.1) is 5.92 Å². The maximum absolute atomic E-state index is 12.3. The average molecular weight is 408 g/mol. The third-order valence-electron chi connectivity index (χ3n) is 3.87. The van der Waals surface area contributed by atoms with Gasteiger partial charge < -0.3 is 15.3 Å². The Hall–Kier alpha value is -2.09. The van der Waals surface area contributed by atoms with Crippen LogP contribution in [0.15, 0.2) is 22.2 Å². The maximum atomic E-state index is 12.3. The largest absolute Gasteiger partial charge is 0.477 e. The lowest BCUT2D eigenvalue weighted by Crippen LogP contribution is -2.62. The minimum Gasteiger partial charge on any atom is -0.477 e. The molecule has 0 aliphatic carbocycles. The van der Waals surface area contributed by atoms with Crippen molar-refractivity contribution in [3.63, 3.8) is 0 Å². The first-order chi connectivity index (χ1) is 11.9. The number of hydrogen-bond donors (Lipinski definition) is 3. The van der Waals surface area contributed by atoms with E-state index in [0.29, 0.717) is 0 Å². The van der Waals surface area contributed by atoms with E-state index in [0.717, 1.165) is 16.5 Å². The number of rotatable bonds is 7. The molecule has 1 fully saturated rings. The normalized spacial score (nSPS) is 25.0. The highest BCUT2D eigenvalue weighted by atomic mass is 32.3. The zero-order chi connectivity index (χ0) is 19.8. The first-order valence-electron chi connectivity index (χ1n) is 7.23. The molecule has 0 aromatic rings. The van der Waals surface area contributed by atoms with Crippen LogP contribution in [-0.4, -0.2) is 57.1 Å². The summed E-state index contributed by atoms with van der Waals surface area (Å²) in [7, 11) is -6.71. The summed E-state index contributed by atoms with van der Waals surface area (Å²) in [5, 5.41) is 12.7. The fourth-order valence-corrected chi connectivity index (χ4v) is 4.51. The Kier molecular flexibility index (Phi) is 5.65. The van der Waals surface area contributed by atoms with Gasteiger partial charge in [0.1, 0.15) is 5.70 Å². The van der Waals surface area contributed by atoms with E-state index < -0.39 is 62.7 Å². The lowest BCUT2D eigenvalue weighted by Gasteiger charge is -2.45. The van der Waals surface area contributed by atoms with Crippen LogP contribution in [0.2, 0.25) is 0 Å². The molecule has 11 nitrogen and oxygen atoms in total. The van der Waals surface area contributed by atoms with E-state index in [1.807, 2.05) is 0 Å². The number of fused-ring (bicyclic) bond motifs is 1. The molecule has 0 bridgehead atoms. The second kappa shape index (κ2) is 7.26. The second-order valence-corrected chi connectivity index (χ2v) is 8.02. The number of nitrogens with one attached hydrogen (secondary N) is 1. The van der Waals surface area contributed by atoms with Crippen LogP contribution in [0.3, 0.4) is 0 Å². The van der Waals surface area contributed by atoms with Gasteiger partial charge in [-0.2, -0.15) is 8.42 Å². The van der Waals surface area contributed by atoms with Crippen molar-refractivity contribution in [1.29, 1.82) is 0 Å². The number of hydrogen-bond acceptors (Lipinski definition) is 7. The number of β-lactam (4-membered cyclic amide) rings is 1. The quantitative estimate of drug-likeness (QED) is 0.356. The zero-order valence-electron chi connectivity index (χ0n) is 13.6. The van der Waals surface area contributed by atoms with E-state index in [1.165, 1.54) is 13.8 Å². The first-order valence-corrected chi connectivity index (χ1v) is 9.81. The lowest BCUT2D eigenvalue weighted by atomic mass is 9.83. The third-order valence-corrected chi connectivity index (χ3v) is 5.65. The number of amides is 2. The topological polar surface area (TPSA) is 167 Å². The van der Waals surface area contributed by atoms with Gasteiger partial charge in [-0.05, 0) is 6.92 Å². The van der Waals surface area contributed by atoms with Crippen molar-refractivity contribution in [2.45, 2.75) is 32.4 Å². The molecule has 2 heterocycles. The average Bonchev–Trinajstić information content (AvgIpc) is 2.80. The molecule has 3 N–H and O–H groups in total. The minimum atomic E-state index is -4.79. The highest BCUT2D eigenvalue weighted by molar-refractivity contribution is 7.91. The van der Waals surface area contributed by atoms with Crippen LogP contribution in [0.1, 0.15) is 20.3 Å². The molecule has 2 aliphatic rings. The Labute approximate surface area is 151 Å². The van der Waals surface area contributed by atoms with Gasteiger partial charge in [0.25, 0.3) is 0 Å². The van der Waals surface area contributed by atoms with Crippen LogP contribution in [0.5, 0.6) is 0 Å². The van der Waals surface area contributed by atoms with E-state index in [1.54, 1.807) is 0 Å². The highest BCUT2D eigenvalue weighted by Gasteiger charge is 2.58. The molecule has 13 heteroatoms. The minimum absolute atomic E-state index is 0.0426. The molecule has 0 spiro atoms. The monoisotopic (exact) mass is 408 g/mol. The molecule has 4 unspecified atom stereocenters. The number of carbonyl (C=O) groups is 3. The maximum Gasteiger partial charge on any atom is 0.397 e. The van der Waals surface area contributed by atoms with Crippen LogP contribution in [0.4, 0.5) is 0 Å². The standard InChI is InChI=1S/C13H16N2O9S2/c1-6(24-26(21,22)23)10-8-5-9(25(20)4-3-14-7(2)16)11(13(18)19)15(8)12(10)17/h3-4,6,8,10H,5H2,1-2H3,(H,14,16)(H,18,19)(H,21,22,23)/b4-3+. The molecule has 1 saturated heterocycles. The number of carboxylic acid groups (broad SMARTS) is 1. The molecule has 2 rings (SSSR count). The summed E-state index contributed by atoms with van der Waals surface area (Å²) < 4.78 is 47.1. The van der Waals surface area contributed by atoms with Gasteiger partial charge in [0.2, 0.25) is 11.8 Å². The smallest absolute Gasteiger partial charge is 0.397 e. The highest BCUT2D eigenvalue weighted by Crippen LogP contribution is 2.45. The summed E-state index contributed by atoms with van der Waals surface area (Å²) in [6, 6.07) is -0.751. The number of carboxylic acids is 1. The second-order valence-electron chi connectivity index (χ2n) is 5.61. The molecule has 0 aromatic carbocycles. The van der Waals surface area contributed by atoms with Crippen molar-refractivity contribution < 1.29 is 40.9 Å². The van der Waals surface area contributed by atoms with Gasteiger partial charge >= 0.3 is 16.4 Å². The molecule has 0 saturated carbocycles. The van der Waals surface area contributed by atoms with E-state index in [9.17, 15) is 32.1 Å².